The van der Waals surface area contributed by atoms with Gasteiger partial charge in [-0.05, 0) is 53.4 Å². The smallest absolute Gasteiger partial charge is 0.308 e. The second-order valence-corrected chi connectivity index (χ2v) is 7.66. The number of carbonyl (C=O) groups is 1. The molecule has 1 fully saturated rings. The summed E-state index contributed by atoms with van der Waals surface area (Å²) < 4.78 is 0.998. The lowest BCUT2D eigenvalue weighted by Crippen LogP contribution is -2.52. The van der Waals surface area contributed by atoms with Gasteiger partial charge in [-0.25, -0.2) is 0 Å². The fourth-order valence-corrected chi connectivity index (χ4v) is 2.61. The Morgan fingerprint density at radius 3 is 1.90 bits per heavy atom. The number of rotatable bonds is 3. The van der Waals surface area contributed by atoms with Crippen molar-refractivity contribution in [3.05, 3.63) is 0 Å². The van der Waals surface area contributed by atoms with E-state index in [0.717, 1.165) is 17.1 Å². The van der Waals surface area contributed by atoms with Crippen LogP contribution in [-0.4, -0.2) is 53.5 Å². The number of carboxylic acids is 1. The normalized spacial score (nSPS) is 18.9. The highest BCUT2D eigenvalue weighted by molar-refractivity contribution is 5.72. The van der Waals surface area contributed by atoms with Gasteiger partial charge in [0.1, 0.15) is 12.6 Å². The van der Waals surface area contributed by atoms with Crippen molar-refractivity contribution in [2.75, 3.05) is 20.6 Å². The summed E-state index contributed by atoms with van der Waals surface area (Å²) in [5, 5.41) is 17.7. The van der Waals surface area contributed by atoms with Crippen LogP contribution >= 0.6 is 0 Å². The zero-order chi connectivity index (χ0) is 16.0. The Balaban J connectivity index is 0.000000441. The summed E-state index contributed by atoms with van der Waals surface area (Å²) in [5.74, 6) is -0.757. The van der Waals surface area contributed by atoms with Gasteiger partial charge in [-0.2, -0.15) is 0 Å². The van der Waals surface area contributed by atoms with Gasteiger partial charge in [0.15, 0.2) is 0 Å². The molecular weight excluding hydrogens is 254 g/mol. The number of aliphatic carboxylic acids is 1. The summed E-state index contributed by atoms with van der Waals surface area (Å²) >= 11 is 0. The summed E-state index contributed by atoms with van der Waals surface area (Å²) in [6, 6.07) is 0.781. The number of hydrogen-bond donors (Lipinski definition) is 2. The Morgan fingerprint density at radius 1 is 1.20 bits per heavy atom. The summed E-state index contributed by atoms with van der Waals surface area (Å²) in [6.07, 6.45) is 6.69. The van der Waals surface area contributed by atoms with Crippen LogP contribution in [0.5, 0.6) is 0 Å². The zero-order valence-electron chi connectivity index (χ0n) is 14.1. The molecule has 2 N–H and O–H groups in total. The maximum absolute atomic E-state index is 10.0. The lowest BCUT2D eigenvalue weighted by molar-refractivity contribution is -0.919. The van der Waals surface area contributed by atoms with Crippen molar-refractivity contribution in [3.63, 3.8) is 0 Å². The molecule has 0 amide bonds. The van der Waals surface area contributed by atoms with E-state index in [-0.39, 0.29) is 6.10 Å². The first kappa shape index (κ1) is 19.4. The minimum absolute atomic E-state index is 0.170. The van der Waals surface area contributed by atoms with Crippen molar-refractivity contribution in [1.29, 1.82) is 0 Å². The Labute approximate surface area is 124 Å². The second-order valence-electron chi connectivity index (χ2n) is 7.66. The van der Waals surface area contributed by atoms with Crippen molar-refractivity contribution in [1.82, 2.24) is 0 Å². The molecule has 0 heterocycles. The molecular formula is C16H34NO3+. The Kier molecular flexibility index (Phi) is 7.74. The first-order valence-electron chi connectivity index (χ1n) is 7.71. The highest BCUT2D eigenvalue weighted by atomic mass is 16.4. The van der Waals surface area contributed by atoms with E-state index in [1.54, 1.807) is 20.8 Å². The topological polar surface area (TPSA) is 57.5 Å². The molecule has 0 radical (unpaired) electrons. The Morgan fingerprint density at radius 2 is 1.60 bits per heavy atom. The minimum atomic E-state index is -0.757. The summed E-state index contributed by atoms with van der Waals surface area (Å²) in [6.45, 7) is 7.77. The molecule has 1 aliphatic rings. The molecule has 0 saturated heterocycles. The number of nitrogens with zero attached hydrogens (tertiary/aromatic N) is 1. The molecule has 1 atom stereocenters. The highest BCUT2D eigenvalue weighted by Gasteiger charge is 2.30. The van der Waals surface area contributed by atoms with Crippen molar-refractivity contribution in [2.24, 2.45) is 5.41 Å². The summed E-state index contributed by atoms with van der Waals surface area (Å²) in [5.41, 5.74) is -0.583. The van der Waals surface area contributed by atoms with E-state index in [9.17, 15) is 9.90 Å². The molecule has 1 aliphatic carbocycles. The second kappa shape index (κ2) is 7.99. The van der Waals surface area contributed by atoms with Crippen LogP contribution in [0.1, 0.15) is 59.8 Å². The number of carboxylic acid groups (broad SMARTS) is 1. The Bertz CT molecular complexity index is 287. The molecule has 0 spiro atoms. The van der Waals surface area contributed by atoms with Crippen LogP contribution in [0.2, 0.25) is 0 Å². The van der Waals surface area contributed by atoms with E-state index in [1.807, 2.05) is 6.92 Å². The van der Waals surface area contributed by atoms with Crippen LogP contribution in [0, 0.1) is 5.41 Å². The first-order valence-corrected chi connectivity index (χ1v) is 7.71. The fourth-order valence-electron chi connectivity index (χ4n) is 2.61. The van der Waals surface area contributed by atoms with Crippen molar-refractivity contribution in [2.45, 2.75) is 71.9 Å². The van der Waals surface area contributed by atoms with Crippen LogP contribution in [0.25, 0.3) is 0 Å². The van der Waals surface area contributed by atoms with E-state index in [2.05, 4.69) is 14.1 Å². The third-order valence-electron chi connectivity index (χ3n) is 3.94. The van der Waals surface area contributed by atoms with Gasteiger partial charge in [-0.3, -0.25) is 4.79 Å². The molecule has 4 heteroatoms. The average Bonchev–Trinajstić information content (AvgIpc) is 2.28. The van der Waals surface area contributed by atoms with Crippen molar-refractivity contribution in [3.8, 4) is 0 Å². The van der Waals surface area contributed by atoms with Crippen molar-refractivity contribution < 1.29 is 19.5 Å². The maximum atomic E-state index is 10.0. The first-order chi connectivity index (χ1) is 8.97. The lowest BCUT2D eigenvalue weighted by atomic mass is 9.93. The molecule has 0 aromatic carbocycles. The van der Waals surface area contributed by atoms with Gasteiger partial charge in [-0.1, -0.05) is 6.42 Å². The lowest BCUT2D eigenvalue weighted by Gasteiger charge is -2.40. The van der Waals surface area contributed by atoms with Gasteiger partial charge in [0.2, 0.25) is 0 Å². The zero-order valence-corrected chi connectivity index (χ0v) is 14.1. The molecule has 0 bridgehead atoms. The minimum Gasteiger partial charge on any atom is -0.481 e. The van der Waals surface area contributed by atoms with E-state index in [1.165, 1.54) is 32.1 Å². The number of aliphatic hydroxyl groups is 1. The third-order valence-corrected chi connectivity index (χ3v) is 3.94. The van der Waals surface area contributed by atoms with E-state index in [4.69, 9.17) is 5.11 Å². The molecule has 0 aliphatic heterocycles. The van der Waals surface area contributed by atoms with Crippen LogP contribution in [-0.2, 0) is 4.79 Å². The van der Waals surface area contributed by atoms with Gasteiger partial charge in [0, 0.05) is 0 Å². The van der Waals surface area contributed by atoms with E-state index in [0.29, 0.717) is 0 Å². The quantitative estimate of drug-likeness (QED) is 0.785. The molecule has 0 aromatic rings. The maximum Gasteiger partial charge on any atom is 0.308 e. The SMILES string of the molecule is CC(C)(C)C(=O)O.CC(O)C[N+](C)(C)C1CCCCC1. The molecule has 1 unspecified atom stereocenters. The van der Waals surface area contributed by atoms with Gasteiger partial charge in [0.25, 0.3) is 0 Å². The average molecular weight is 288 g/mol. The predicted octanol–water partition coefficient (Wildman–Crippen LogP) is 2.89. The molecule has 120 valence electrons. The molecule has 1 rings (SSSR count). The van der Waals surface area contributed by atoms with Gasteiger partial charge >= 0.3 is 5.97 Å². The van der Waals surface area contributed by atoms with E-state index < -0.39 is 11.4 Å². The van der Waals surface area contributed by atoms with Gasteiger partial charge in [0.05, 0.1) is 25.6 Å². The fraction of sp³-hybridized carbons (Fsp3) is 0.938. The van der Waals surface area contributed by atoms with Crippen LogP contribution in [0.15, 0.2) is 0 Å². The summed E-state index contributed by atoms with van der Waals surface area (Å²) in [4.78, 5) is 10.0. The predicted molar refractivity (Wildman–Crippen MR) is 82.6 cm³/mol. The number of quaternary nitrogens is 1. The molecule has 4 nitrogen and oxygen atoms in total. The molecule has 20 heavy (non-hydrogen) atoms. The van der Waals surface area contributed by atoms with Crippen LogP contribution < -0.4 is 0 Å². The standard InChI is InChI=1S/C11H24NO.C5H10O2/c1-10(13)9-12(2,3)11-7-5-4-6-8-11;1-5(2,3)4(6)7/h10-11,13H,4-9H2,1-3H3;1-3H3,(H,6,7)/q+1;. The van der Waals surface area contributed by atoms with Crippen molar-refractivity contribution >= 4 is 5.97 Å². The summed E-state index contributed by atoms with van der Waals surface area (Å²) in [7, 11) is 4.51. The highest BCUT2D eigenvalue weighted by Crippen LogP contribution is 2.25. The van der Waals surface area contributed by atoms with E-state index >= 15 is 0 Å². The Hall–Kier alpha value is -0.610. The van der Waals surface area contributed by atoms with Crippen LogP contribution in [0.3, 0.4) is 0 Å². The number of hydrogen-bond acceptors (Lipinski definition) is 2. The largest absolute Gasteiger partial charge is 0.481 e. The van der Waals surface area contributed by atoms with Gasteiger partial charge in [-0.15, -0.1) is 0 Å². The number of likely N-dealkylation sites (N-methyl/N-ethyl adjacent to an activating group) is 1. The number of aliphatic hydroxyl groups excluding tert-OH is 1. The monoisotopic (exact) mass is 288 g/mol. The van der Waals surface area contributed by atoms with Crippen LogP contribution in [0.4, 0.5) is 0 Å². The third kappa shape index (κ3) is 7.85. The molecule has 1 saturated carbocycles. The van der Waals surface area contributed by atoms with Gasteiger partial charge < -0.3 is 14.7 Å². The molecule has 0 aromatic heterocycles.